The molecule has 6 heteroatoms. The topological polar surface area (TPSA) is 87.7 Å². The molecule has 1 rings (SSSR count). The Labute approximate surface area is 107 Å². The Bertz CT molecular complexity index is 420. The molecule has 0 radical (unpaired) electrons. The molecule has 16 heavy (non-hydrogen) atoms. The van der Waals surface area contributed by atoms with Crippen molar-refractivity contribution in [1.29, 1.82) is 0 Å². The average Bonchev–Trinajstić information content (AvgIpc) is 2.27. The third-order valence-electron chi connectivity index (χ3n) is 1.99. The first-order valence-corrected chi connectivity index (χ1v) is 5.66. The quantitative estimate of drug-likeness (QED) is 0.255. The van der Waals surface area contributed by atoms with Gasteiger partial charge in [-0.3, -0.25) is 4.79 Å². The SMILES string of the molecule is CC(NC(=O)c1cccc(I)c1)/C(N)=N/O. The van der Waals surface area contributed by atoms with Gasteiger partial charge in [0.15, 0.2) is 5.84 Å². The molecular weight excluding hydrogens is 321 g/mol. The zero-order valence-corrected chi connectivity index (χ0v) is 10.8. The van der Waals surface area contributed by atoms with Gasteiger partial charge in [-0.15, -0.1) is 0 Å². The standard InChI is InChI=1S/C10H12IN3O2/c1-6(9(12)14-16)13-10(15)7-3-2-4-8(11)5-7/h2-6,16H,1H3,(H2,12,14)(H,13,15). The molecule has 0 saturated heterocycles. The zero-order valence-electron chi connectivity index (χ0n) is 8.64. The number of hydrogen-bond donors (Lipinski definition) is 3. The number of nitrogens with one attached hydrogen (secondary N) is 1. The number of rotatable bonds is 3. The van der Waals surface area contributed by atoms with Gasteiger partial charge in [-0.25, -0.2) is 0 Å². The van der Waals surface area contributed by atoms with Crippen LogP contribution in [0.1, 0.15) is 17.3 Å². The minimum absolute atomic E-state index is 0.0287. The Kier molecular flexibility index (Phi) is 4.53. The zero-order chi connectivity index (χ0) is 12.1. The van der Waals surface area contributed by atoms with E-state index in [1.54, 1.807) is 25.1 Å². The van der Waals surface area contributed by atoms with Crippen LogP contribution in [0.5, 0.6) is 0 Å². The first-order chi connectivity index (χ1) is 7.54. The Morgan fingerprint density at radius 2 is 2.31 bits per heavy atom. The van der Waals surface area contributed by atoms with E-state index < -0.39 is 6.04 Å². The van der Waals surface area contributed by atoms with Crippen LogP contribution in [0.3, 0.4) is 0 Å². The monoisotopic (exact) mass is 333 g/mol. The summed E-state index contributed by atoms with van der Waals surface area (Å²) >= 11 is 2.12. The van der Waals surface area contributed by atoms with Crippen LogP contribution in [0.25, 0.3) is 0 Å². The van der Waals surface area contributed by atoms with Gasteiger partial charge in [-0.05, 0) is 47.7 Å². The average molecular weight is 333 g/mol. The van der Waals surface area contributed by atoms with Gasteiger partial charge in [-0.2, -0.15) is 0 Å². The molecule has 1 unspecified atom stereocenters. The third-order valence-corrected chi connectivity index (χ3v) is 2.66. The predicted molar refractivity (Wildman–Crippen MR) is 69.5 cm³/mol. The summed E-state index contributed by atoms with van der Waals surface area (Å²) in [5.41, 5.74) is 5.90. The summed E-state index contributed by atoms with van der Waals surface area (Å²) in [7, 11) is 0. The van der Waals surface area contributed by atoms with Crippen LogP contribution in [0.4, 0.5) is 0 Å². The van der Waals surface area contributed by atoms with Crippen LogP contribution >= 0.6 is 22.6 Å². The van der Waals surface area contributed by atoms with Crippen LogP contribution in [0.2, 0.25) is 0 Å². The molecule has 0 saturated carbocycles. The smallest absolute Gasteiger partial charge is 0.251 e. The molecule has 1 amide bonds. The molecule has 1 aromatic rings. The van der Waals surface area contributed by atoms with Gasteiger partial charge < -0.3 is 16.3 Å². The number of hydrogen-bond acceptors (Lipinski definition) is 3. The van der Waals surface area contributed by atoms with Gasteiger partial charge in [0.25, 0.3) is 5.91 Å². The second kappa shape index (κ2) is 5.69. The van der Waals surface area contributed by atoms with Gasteiger partial charge in [0.05, 0.1) is 6.04 Å². The lowest BCUT2D eigenvalue weighted by Crippen LogP contribution is -2.42. The molecule has 0 heterocycles. The molecule has 0 aliphatic heterocycles. The van der Waals surface area contributed by atoms with Gasteiger partial charge in [0.1, 0.15) is 0 Å². The van der Waals surface area contributed by atoms with E-state index in [0.29, 0.717) is 5.56 Å². The third kappa shape index (κ3) is 3.37. The molecule has 0 fully saturated rings. The first kappa shape index (κ1) is 12.8. The molecule has 5 nitrogen and oxygen atoms in total. The van der Waals surface area contributed by atoms with Crippen molar-refractivity contribution < 1.29 is 10.0 Å². The molecular formula is C10H12IN3O2. The summed E-state index contributed by atoms with van der Waals surface area (Å²) in [6, 6.07) is 6.65. The van der Waals surface area contributed by atoms with Crippen molar-refractivity contribution in [2.75, 3.05) is 0 Å². The number of halogens is 1. The molecule has 0 aromatic heterocycles. The Balaban J connectivity index is 2.73. The Hall–Kier alpha value is -1.31. The Morgan fingerprint density at radius 1 is 1.62 bits per heavy atom. The fourth-order valence-electron chi connectivity index (χ4n) is 1.07. The molecule has 0 aliphatic carbocycles. The van der Waals surface area contributed by atoms with E-state index in [2.05, 4.69) is 33.1 Å². The highest BCUT2D eigenvalue weighted by molar-refractivity contribution is 14.1. The van der Waals surface area contributed by atoms with Crippen LogP contribution in [-0.2, 0) is 0 Å². The first-order valence-electron chi connectivity index (χ1n) is 4.58. The van der Waals surface area contributed by atoms with Gasteiger partial charge in [-0.1, -0.05) is 11.2 Å². The highest BCUT2D eigenvalue weighted by Crippen LogP contribution is 2.07. The Morgan fingerprint density at radius 3 is 2.88 bits per heavy atom. The number of carbonyl (C=O) groups excluding carboxylic acids is 1. The van der Waals surface area contributed by atoms with Crippen molar-refractivity contribution in [3.63, 3.8) is 0 Å². The largest absolute Gasteiger partial charge is 0.409 e. The maximum absolute atomic E-state index is 11.7. The normalized spacial score (nSPS) is 13.2. The van der Waals surface area contributed by atoms with Crippen molar-refractivity contribution in [3.8, 4) is 0 Å². The summed E-state index contributed by atoms with van der Waals surface area (Å²) in [5, 5.41) is 13.9. The van der Waals surface area contributed by atoms with E-state index in [9.17, 15) is 4.79 Å². The number of benzene rings is 1. The summed E-state index contributed by atoms with van der Waals surface area (Å²) in [6.07, 6.45) is 0. The van der Waals surface area contributed by atoms with Crippen molar-refractivity contribution in [2.45, 2.75) is 13.0 Å². The predicted octanol–water partition coefficient (Wildman–Crippen LogP) is 1.16. The second-order valence-corrected chi connectivity index (χ2v) is 4.48. The number of oxime groups is 1. The maximum Gasteiger partial charge on any atom is 0.251 e. The summed E-state index contributed by atoms with van der Waals surface area (Å²) in [4.78, 5) is 11.7. The summed E-state index contributed by atoms with van der Waals surface area (Å²) in [6.45, 7) is 1.64. The maximum atomic E-state index is 11.7. The number of nitrogens with two attached hydrogens (primary N) is 1. The lowest BCUT2D eigenvalue weighted by atomic mass is 10.2. The molecule has 86 valence electrons. The number of nitrogens with zero attached hydrogens (tertiary/aromatic N) is 1. The molecule has 0 aliphatic rings. The van der Waals surface area contributed by atoms with Crippen molar-refractivity contribution >= 4 is 34.3 Å². The van der Waals surface area contributed by atoms with Gasteiger partial charge in [0, 0.05) is 9.13 Å². The van der Waals surface area contributed by atoms with Crippen LogP contribution < -0.4 is 11.1 Å². The molecule has 1 aromatic carbocycles. The van der Waals surface area contributed by atoms with E-state index in [0.717, 1.165) is 3.57 Å². The fraction of sp³-hybridized carbons (Fsp3) is 0.200. The van der Waals surface area contributed by atoms with Gasteiger partial charge >= 0.3 is 0 Å². The molecule has 0 spiro atoms. The molecule has 1 atom stereocenters. The van der Waals surface area contributed by atoms with E-state index in [-0.39, 0.29) is 11.7 Å². The number of amides is 1. The number of amidine groups is 1. The van der Waals surface area contributed by atoms with E-state index in [4.69, 9.17) is 10.9 Å². The van der Waals surface area contributed by atoms with Gasteiger partial charge in [0.2, 0.25) is 0 Å². The molecule has 4 N–H and O–H groups in total. The van der Waals surface area contributed by atoms with E-state index in [1.165, 1.54) is 0 Å². The highest BCUT2D eigenvalue weighted by atomic mass is 127. The van der Waals surface area contributed by atoms with Crippen LogP contribution in [0.15, 0.2) is 29.4 Å². The second-order valence-electron chi connectivity index (χ2n) is 3.23. The summed E-state index contributed by atoms with van der Waals surface area (Å²) in [5.74, 6) is -0.281. The lowest BCUT2D eigenvalue weighted by molar-refractivity contribution is 0.0948. The van der Waals surface area contributed by atoms with Crippen molar-refractivity contribution in [2.24, 2.45) is 10.9 Å². The lowest BCUT2D eigenvalue weighted by Gasteiger charge is -2.12. The van der Waals surface area contributed by atoms with Crippen LogP contribution in [-0.4, -0.2) is 23.0 Å². The summed E-state index contributed by atoms with van der Waals surface area (Å²) < 4.78 is 0.974. The molecule has 0 bridgehead atoms. The van der Waals surface area contributed by atoms with E-state index in [1.807, 2.05) is 6.07 Å². The number of carbonyl (C=O) groups is 1. The van der Waals surface area contributed by atoms with Crippen molar-refractivity contribution in [3.05, 3.63) is 33.4 Å². The minimum Gasteiger partial charge on any atom is -0.409 e. The van der Waals surface area contributed by atoms with E-state index >= 15 is 0 Å². The minimum atomic E-state index is -0.504. The van der Waals surface area contributed by atoms with Crippen LogP contribution in [0, 0.1) is 3.57 Å². The van der Waals surface area contributed by atoms with Crippen molar-refractivity contribution in [1.82, 2.24) is 5.32 Å². The fourth-order valence-corrected chi connectivity index (χ4v) is 1.61. The highest BCUT2D eigenvalue weighted by Gasteiger charge is 2.12.